The van der Waals surface area contributed by atoms with Crippen LogP contribution >= 0.6 is 11.3 Å². The first-order valence-electron chi connectivity index (χ1n) is 6.48. The lowest BCUT2D eigenvalue weighted by atomic mass is 10.1. The van der Waals surface area contributed by atoms with Gasteiger partial charge in [-0.2, -0.15) is 0 Å². The normalized spacial score (nSPS) is 11.2. The second-order valence-electron chi connectivity index (χ2n) is 4.76. The predicted molar refractivity (Wildman–Crippen MR) is 84.0 cm³/mol. The molecule has 4 heteroatoms. The molecule has 4 rings (SSSR count). The molecule has 0 saturated carbocycles. The summed E-state index contributed by atoms with van der Waals surface area (Å²) in [6.45, 7) is 0. The predicted octanol–water partition coefficient (Wildman–Crippen LogP) is 5.01. The van der Waals surface area contributed by atoms with Crippen molar-refractivity contribution in [1.82, 2.24) is 0 Å². The highest BCUT2D eigenvalue weighted by Crippen LogP contribution is 2.40. The molecule has 2 heterocycles. The summed E-state index contributed by atoms with van der Waals surface area (Å²) in [5.74, 6) is -0.322. The number of carbonyl (C=O) groups is 1. The van der Waals surface area contributed by atoms with Crippen molar-refractivity contribution >= 4 is 38.4 Å². The van der Waals surface area contributed by atoms with Crippen LogP contribution in [0.1, 0.15) is 9.67 Å². The van der Waals surface area contributed by atoms with Gasteiger partial charge in [0.2, 0.25) is 0 Å². The number of carboxylic acids is 1. The molecule has 4 aromatic rings. The highest BCUT2D eigenvalue weighted by Gasteiger charge is 2.21. The second-order valence-corrected chi connectivity index (χ2v) is 5.81. The third-order valence-corrected chi connectivity index (χ3v) is 4.62. The summed E-state index contributed by atoms with van der Waals surface area (Å²) in [5, 5.41) is 11.4. The van der Waals surface area contributed by atoms with E-state index >= 15 is 0 Å². The summed E-state index contributed by atoms with van der Waals surface area (Å²) >= 11 is 1.28. The van der Waals surface area contributed by atoms with E-state index < -0.39 is 5.97 Å². The third kappa shape index (κ3) is 1.84. The molecular weight excluding hydrogens is 284 g/mol. The Balaban J connectivity index is 2.08. The fourth-order valence-corrected chi connectivity index (χ4v) is 3.59. The van der Waals surface area contributed by atoms with Gasteiger partial charge in [0.05, 0.1) is 5.56 Å². The van der Waals surface area contributed by atoms with E-state index in [4.69, 9.17) is 4.42 Å². The largest absolute Gasteiger partial charge is 0.477 e. The van der Waals surface area contributed by atoms with E-state index in [1.54, 1.807) is 0 Å². The zero-order valence-corrected chi connectivity index (χ0v) is 11.7. The molecule has 0 unspecified atom stereocenters. The molecule has 21 heavy (non-hydrogen) atoms. The molecule has 0 atom stereocenters. The first-order valence-corrected chi connectivity index (χ1v) is 7.29. The number of benzene rings is 2. The first kappa shape index (κ1) is 12.2. The molecule has 1 N–H and O–H groups in total. The number of fused-ring (bicyclic) bond motifs is 2. The van der Waals surface area contributed by atoms with Crippen LogP contribution in [0.5, 0.6) is 0 Å². The number of furan rings is 1. The van der Waals surface area contributed by atoms with Gasteiger partial charge in [-0.15, -0.1) is 11.3 Å². The summed E-state index contributed by atoms with van der Waals surface area (Å²) in [5.41, 5.74) is 1.43. The van der Waals surface area contributed by atoms with Gasteiger partial charge in [0, 0.05) is 15.5 Å². The Kier molecular flexibility index (Phi) is 2.59. The van der Waals surface area contributed by atoms with Gasteiger partial charge in [-0.25, -0.2) is 4.79 Å². The van der Waals surface area contributed by atoms with Crippen molar-refractivity contribution in [3.05, 3.63) is 59.5 Å². The number of carboxylic acid groups (broad SMARTS) is 1. The minimum absolute atomic E-state index is 0.315. The Morgan fingerprint density at radius 2 is 1.81 bits per heavy atom. The second kappa shape index (κ2) is 4.46. The molecule has 2 aromatic heterocycles. The Morgan fingerprint density at radius 1 is 1.05 bits per heavy atom. The molecule has 0 bridgehead atoms. The van der Waals surface area contributed by atoms with Crippen LogP contribution in [0.3, 0.4) is 0 Å². The lowest BCUT2D eigenvalue weighted by Crippen LogP contribution is -1.93. The van der Waals surface area contributed by atoms with Crippen LogP contribution in [0.4, 0.5) is 0 Å². The van der Waals surface area contributed by atoms with Crippen LogP contribution in [0.2, 0.25) is 0 Å². The van der Waals surface area contributed by atoms with E-state index in [0.29, 0.717) is 16.2 Å². The van der Waals surface area contributed by atoms with Crippen LogP contribution in [0.15, 0.2) is 59.0 Å². The number of hydrogen-bond acceptors (Lipinski definition) is 3. The smallest absolute Gasteiger partial charge is 0.346 e. The Bertz CT molecular complexity index is 945. The fourth-order valence-electron chi connectivity index (χ4n) is 2.55. The molecule has 2 aromatic carbocycles. The van der Waals surface area contributed by atoms with E-state index in [1.807, 2.05) is 54.6 Å². The van der Waals surface area contributed by atoms with Gasteiger partial charge in [0.15, 0.2) is 0 Å². The van der Waals surface area contributed by atoms with Crippen LogP contribution in [0, 0.1) is 0 Å². The molecule has 102 valence electrons. The molecule has 0 radical (unpaired) electrons. The average Bonchev–Trinajstić information content (AvgIpc) is 3.07. The maximum atomic E-state index is 11.5. The summed E-state index contributed by atoms with van der Waals surface area (Å²) < 4.78 is 6.80. The monoisotopic (exact) mass is 294 g/mol. The number of rotatable bonds is 2. The lowest BCUT2D eigenvalue weighted by Gasteiger charge is -1.97. The Morgan fingerprint density at radius 3 is 2.62 bits per heavy atom. The molecule has 0 aliphatic heterocycles. The van der Waals surface area contributed by atoms with E-state index in [0.717, 1.165) is 21.1 Å². The van der Waals surface area contributed by atoms with Crippen LogP contribution in [-0.2, 0) is 0 Å². The van der Waals surface area contributed by atoms with Crippen molar-refractivity contribution in [3.8, 4) is 11.3 Å². The maximum absolute atomic E-state index is 11.5. The van der Waals surface area contributed by atoms with Crippen LogP contribution in [0.25, 0.3) is 32.4 Å². The van der Waals surface area contributed by atoms with Gasteiger partial charge in [0.25, 0.3) is 0 Å². The lowest BCUT2D eigenvalue weighted by molar-refractivity contribution is 0.0703. The molecule has 0 amide bonds. The van der Waals surface area contributed by atoms with Crippen molar-refractivity contribution < 1.29 is 14.3 Å². The zero-order chi connectivity index (χ0) is 14.4. The topological polar surface area (TPSA) is 50.4 Å². The minimum Gasteiger partial charge on any atom is -0.477 e. The number of thiophene rings is 1. The summed E-state index contributed by atoms with van der Waals surface area (Å²) in [6, 6.07) is 17.3. The van der Waals surface area contributed by atoms with Crippen molar-refractivity contribution in [2.24, 2.45) is 0 Å². The summed E-state index contributed by atoms with van der Waals surface area (Å²) in [4.78, 5) is 11.9. The number of aromatic carboxylic acids is 1. The van der Waals surface area contributed by atoms with E-state index in [1.165, 1.54) is 11.3 Å². The minimum atomic E-state index is -0.924. The van der Waals surface area contributed by atoms with Crippen LogP contribution in [-0.4, -0.2) is 11.1 Å². The average molecular weight is 294 g/mol. The highest BCUT2D eigenvalue weighted by atomic mass is 32.1. The molecule has 3 nitrogen and oxygen atoms in total. The number of hydrogen-bond donors (Lipinski definition) is 1. The van der Waals surface area contributed by atoms with Gasteiger partial charge in [-0.3, -0.25) is 0 Å². The van der Waals surface area contributed by atoms with Crippen molar-refractivity contribution in [1.29, 1.82) is 0 Å². The van der Waals surface area contributed by atoms with Gasteiger partial charge < -0.3 is 9.52 Å². The molecular formula is C17H10O3S. The standard InChI is InChI=1S/C17H10O3S/c18-17(19)16-15(11-6-2-4-8-14(11)21-16)13-9-10-5-1-3-7-12(10)20-13/h1-9H,(H,18,19). The summed E-state index contributed by atoms with van der Waals surface area (Å²) in [6.07, 6.45) is 0. The SMILES string of the molecule is O=C(O)c1sc2ccccc2c1-c1cc2ccccc2o1. The van der Waals surface area contributed by atoms with Gasteiger partial charge >= 0.3 is 5.97 Å². The summed E-state index contributed by atoms with van der Waals surface area (Å²) in [7, 11) is 0. The van der Waals surface area contributed by atoms with Crippen LogP contribution < -0.4 is 0 Å². The van der Waals surface area contributed by atoms with E-state index in [-0.39, 0.29) is 0 Å². The molecule has 0 aliphatic rings. The molecule has 0 saturated heterocycles. The highest BCUT2D eigenvalue weighted by molar-refractivity contribution is 7.21. The number of para-hydroxylation sites is 1. The van der Waals surface area contributed by atoms with Gasteiger partial charge in [-0.1, -0.05) is 36.4 Å². The maximum Gasteiger partial charge on any atom is 0.346 e. The first-order chi connectivity index (χ1) is 10.2. The quantitative estimate of drug-likeness (QED) is 0.565. The Hall–Kier alpha value is -2.59. The van der Waals surface area contributed by atoms with Crippen molar-refractivity contribution in [2.75, 3.05) is 0 Å². The van der Waals surface area contributed by atoms with E-state index in [2.05, 4.69) is 0 Å². The van der Waals surface area contributed by atoms with Gasteiger partial charge in [-0.05, 0) is 18.2 Å². The molecule has 0 fully saturated rings. The zero-order valence-electron chi connectivity index (χ0n) is 10.9. The molecule has 0 aliphatic carbocycles. The third-order valence-electron chi connectivity index (χ3n) is 3.46. The Labute approximate surface area is 124 Å². The van der Waals surface area contributed by atoms with Crippen molar-refractivity contribution in [2.45, 2.75) is 0 Å². The van der Waals surface area contributed by atoms with Crippen molar-refractivity contribution in [3.63, 3.8) is 0 Å². The molecule has 0 spiro atoms. The van der Waals surface area contributed by atoms with E-state index in [9.17, 15) is 9.90 Å². The fraction of sp³-hybridized carbons (Fsp3) is 0. The van der Waals surface area contributed by atoms with Gasteiger partial charge in [0.1, 0.15) is 16.2 Å².